The summed E-state index contributed by atoms with van der Waals surface area (Å²) in [6.07, 6.45) is 2.52. The molecule has 21 heavy (non-hydrogen) atoms. The lowest BCUT2D eigenvalue weighted by atomic mass is 9.83. The van der Waals surface area contributed by atoms with Crippen LogP contribution in [0.2, 0.25) is 0 Å². The number of hydrogen-bond acceptors (Lipinski definition) is 5. The van der Waals surface area contributed by atoms with Gasteiger partial charge in [0.05, 0.1) is 5.39 Å². The van der Waals surface area contributed by atoms with Crippen LogP contribution in [-0.2, 0) is 0 Å². The van der Waals surface area contributed by atoms with Gasteiger partial charge in [0.25, 0.3) is 0 Å². The first-order valence-corrected chi connectivity index (χ1v) is 8.49. The van der Waals surface area contributed by atoms with Crippen LogP contribution in [0.25, 0.3) is 10.2 Å². The third-order valence-electron chi connectivity index (χ3n) is 4.51. The maximum absolute atomic E-state index is 4.66. The number of rotatable bonds is 3. The van der Waals surface area contributed by atoms with Gasteiger partial charge in [-0.3, -0.25) is 0 Å². The molecular weight excluding hydrogens is 280 g/mol. The van der Waals surface area contributed by atoms with Gasteiger partial charge in [-0.15, -0.1) is 11.3 Å². The molecule has 3 heterocycles. The fourth-order valence-corrected chi connectivity index (χ4v) is 4.13. The lowest BCUT2D eigenvalue weighted by molar-refractivity contribution is 0.253. The van der Waals surface area contributed by atoms with E-state index in [0.717, 1.165) is 36.1 Å². The van der Waals surface area contributed by atoms with Gasteiger partial charge in [0.15, 0.2) is 0 Å². The summed E-state index contributed by atoms with van der Waals surface area (Å²) in [5.41, 5.74) is 1.62. The van der Waals surface area contributed by atoms with Crippen LogP contribution in [-0.4, -0.2) is 29.6 Å². The number of anilines is 1. The molecule has 0 bridgehead atoms. The third-order valence-corrected chi connectivity index (χ3v) is 5.61. The van der Waals surface area contributed by atoms with E-state index >= 15 is 0 Å². The summed E-state index contributed by atoms with van der Waals surface area (Å²) in [5, 5.41) is 8.32. The Labute approximate surface area is 130 Å². The molecule has 1 atom stereocenters. The second-order valence-corrected chi connectivity index (χ2v) is 7.73. The maximum atomic E-state index is 4.66. The Morgan fingerprint density at radius 1 is 1.29 bits per heavy atom. The van der Waals surface area contributed by atoms with E-state index in [1.165, 1.54) is 28.7 Å². The van der Waals surface area contributed by atoms with Crippen molar-refractivity contribution in [3.63, 3.8) is 0 Å². The van der Waals surface area contributed by atoms with Gasteiger partial charge in [-0.1, -0.05) is 6.92 Å². The standard InChI is InChI=1S/C16H24N4S/c1-10-11(2)21-15-13(10)14(19-12(3)20-15)18-9-16(4)6-5-7-17-8-16/h17H,5-9H2,1-4H3,(H,18,19,20). The molecule has 0 aliphatic carbocycles. The highest BCUT2D eigenvalue weighted by Crippen LogP contribution is 2.34. The van der Waals surface area contributed by atoms with Crippen molar-refractivity contribution in [3.8, 4) is 0 Å². The predicted molar refractivity (Wildman–Crippen MR) is 90.3 cm³/mol. The van der Waals surface area contributed by atoms with Crippen molar-refractivity contribution < 1.29 is 0 Å². The topological polar surface area (TPSA) is 49.8 Å². The first-order chi connectivity index (χ1) is 9.98. The molecule has 0 aromatic carbocycles. The van der Waals surface area contributed by atoms with E-state index in [1.54, 1.807) is 11.3 Å². The molecule has 3 rings (SSSR count). The lowest BCUT2D eigenvalue weighted by Crippen LogP contribution is -2.42. The molecule has 2 aromatic heterocycles. The minimum absolute atomic E-state index is 0.308. The molecule has 1 unspecified atom stereocenters. The Morgan fingerprint density at radius 3 is 2.81 bits per heavy atom. The zero-order valence-electron chi connectivity index (χ0n) is 13.3. The van der Waals surface area contributed by atoms with Gasteiger partial charge in [-0.2, -0.15) is 0 Å². The molecule has 0 spiro atoms. The first kappa shape index (κ1) is 14.7. The molecule has 0 saturated carbocycles. The Kier molecular flexibility index (Phi) is 3.88. The summed E-state index contributed by atoms with van der Waals surface area (Å²) < 4.78 is 0. The second kappa shape index (κ2) is 5.54. The van der Waals surface area contributed by atoms with E-state index in [-0.39, 0.29) is 0 Å². The van der Waals surface area contributed by atoms with Crippen molar-refractivity contribution >= 4 is 27.4 Å². The van der Waals surface area contributed by atoms with E-state index < -0.39 is 0 Å². The Bertz CT molecular complexity index is 656. The van der Waals surface area contributed by atoms with Gasteiger partial charge in [-0.05, 0) is 51.1 Å². The van der Waals surface area contributed by atoms with E-state index in [9.17, 15) is 0 Å². The summed E-state index contributed by atoms with van der Waals surface area (Å²) in [6, 6.07) is 0. The van der Waals surface area contributed by atoms with Gasteiger partial charge in [0.2, 0.25) is 0 Å². The molecule has 0 radical (unpaired) electrons. The van der Waals surface area contributed by atoms with E-state index in [0.29, 0.717) is 5.41 Å². The molecular formula is C16H24N4S. The van der Waals surface area contributed by atoms with Gasteiger partial charge in [0, 0.05) is 18.0 Å². The monoisotopic (exact) mass is 304 g/mol. The smallest absolute Gasteiger partial charge is 0.138 e. The second-order valence-electron chi connectivity index (χ2n) is 6.53. The van der Waals surface area contributed by atoms with E-state index in [4.69, 9.17) is 0 Å². The van der Waals surface area contributed by atoms with Gasteiger partial charge in [0.1, 0.15) is 16.5 Å². The van der Waals surface area contributed by atoms with Crippen molar-refractivity contribution in [2.75, 3.05) is 25.0 Å². The normalized spacial score (nSPS) is 22.7. The molecule has 1 saturated heterocycles. The number of fused-ring (bicyclic) bond motifs is 1. The minimum atomic E-state index is 0.308. The van der Waals surface area contributed by atoms with E-state index in [1.807, 2.05) is 6.92 Å². The highest BCUT2D eigenvalue weighted by Gasteiger charge is 2.27. The van der Waals surface area contributed by atoms with Crippen LogP contribution in [0.4, 0.5) is 5.82 Å². The Hall–Kier alpha value is -1.20. The zero-order valence-corrected chi connectivity index (χ0v) is 14.2. The van der Waals surface area contributed by atoms with Crippen LogP contribution in [0.15, 0.2) is 0 Å². The Balaban J connectivity index is 1.89. The number of hydrogen-bond donors (Lipinski definition) is 2. The molecule has 2 N–H and O–H groups in total. The average Bonchev–Trinajstić information content (AvgIpc) is 2.72. The molecule has 114 valence electrons. The number of thiophene rings is 1. The molecule has 2 aromatic rings. The van der Waals surface area contributed by atoms with Crippen molar-refractivity contribution in [1.29, 1.82) is 0 Å². The van der Waals surface area contributed by atoms with Crippen LogP contribution in [0.5, 0.6) is 0 Å². The molecule has 5 heteroatoms. The van der Waals surface area contributed by atoms with Crippen molar-refractivity contribution in [2.45, 2.75) is 40.5 Å². The van der Waals surface area contributed by atoms with Crippen LogP contribution in [0.1, 0.15) is 36.0 Å². The van der Waals surface area contributed by atoms with Gasteiger partial charge in [-0.25, -0.2) is 9.97 Å². The van der Waals surface area contributed by atoms with Crippen molar-refractivity contribution in [2.24, 2.45) is 5.41 Å². The zero-order chi connectivity index (χ0) is 15.0. The molecule has 1 aliphatic rings. The number of aromatic nitrogens is 2. The fraction of sp³-hybridized carbons (Fsp3) is 0.625. The van der Waals surface area contributed by atoms with Crippen LogP contribution in [0.3, 0.4) is 0 Å². The maximum Gasteiger partial charge on any atom is 0.138 e. The van der Waals surface area contributed by atoms with E-state index in [2.05, 4.69) is 41.4 Å². The summed E-state index contributed by atoms with van der Waals surface area (Å²) in [6.45, 7) is 11.8. The largest absolute Gasteiger partial charge is 0.369 e. The van der Waals surface area contributed by atoms with Crippen molar-refractivity contribution in [1.82, 2.24) is 15.3 Å². The minimum Gasteiger partial charge on any atom is -0.369 e. The highest BCUT2D eigenvalue weighted by atomic mass is 32.1. The van der Waals surface area contributed by atoms with Gasteiger partial charge >= 0.3 is 0 Å². The average molecular weight is 304 g/mol. The summed E-state index contributed by atoms with van der Waals surface area (Å²) in [7, 11) is 0. The highest BCUT2D eigenvalue weighted by molar-refractivity contribution is 7.18. The quantitative estimate of drug-likeness (QED) is 0.912. The molecule has 4 nitrogen and oxygen atoms in total. The van der Waals surface area contributed by atoms with Crippen LogP contribution in [0, 0.1) is 26.2 Å². The predicted octanol–water partition coefficient (Wildman–Crippen LogP) is 3.42. The van der Waals surface area contributed by atoms with Crippen LogP contribution < -0.4 is 10.6 Å². The number of nitrogens with one attached hydrogen (secondary N) is 2. The SMILES string of the molecule is Cc1nc(NCC2(C)CCCNC2)c2c(C)c(C)sc2n1. The van der Waals surface area contributed by atoms with Crippen LogP contribution >= 0.6 is 11.3 Å². The molecule has 0 amide bonds. The number of aryl methyl sites for hydroxylation is 3. The fourth-order valence-electron chi connectivity index (χ4n) is 3.05. The summed E-state index contributed by atoms with van der Waals surface area (Å²) in [4.78, 5) is 11.7. The number of nitrogens with zero attached hydrogens (tertiary/aromatic N) is 2. The lowest BCUT2D eigenvalue weighted by Gasteiger charge is -2.34. The molecule has 1 fully saturated rings. The summed E-state index contributed by atoms with van der Waals surface area (Å²) in [5.74, 6) is 1.85. The molecule has 1 aliphatic heterocycles. The van der Waals surface area contributed by atoms with Gasteiger partial charge < -0.3 is 10.6 Å². The summed E-state index contributed by atoms with van der Waals surface area (Å²) >= 11 is 1.76. The number of piperidine rings is 1. The van der Waals surface area contributed by atoms with Crippen molar-refractivity contribution in [3.05, 3.63) is 16.3 Å². The first-order valence-electron chi connectivity index (χ1n) is 7.67. The third kappa shape index (κ3) is 2.90. The Morgan fingerprint density at radius 2 is 2.10 bits per heavy atom.